The summed E-state index contributed by atoms with van der Waals surface area (Å²) in [7, 11) is 0. The van der Waals surface area contributed by atoms with Crippen LogP contribution in [0.15, 0.2) is 0 Å². The minimum Gasteiger partial charge on any atom is -0.396 e. The number of thioether (sulfide) groups is 1. The van der Waals surface area contributed by atoms with Crippen LogP contribution >= 0.6 is 11.8 Å². The molecule has 1 aliphatic heterocycles. The van der Waals surface area contributed by atoms with Crippen molar-refractivity contribution < 1.29 is 14.7 Å². The Kier molecular flexibility index (Phi) is 6.36. The van der Waals surface area contributed by atoms with Crippen LogP contribution in [0.4, 0.5) is 4.79 Å². The summed E-state index contributed by atoms with van der Waals surface area (Å²) in [5, 5.41) is 11.6. The van der Waals surface area contributed by atoms with Crippen LogP contribution < -0.4 is 5.32 Å². The van der Waals surface area contributed by atoms with Crippen LogP contribution in [0, 0.1) is 5.92 Å². The number of aliphatic hydroxyl groups excluding tert-OH is 1. The molecule has 1 saturated heterocycles. The third-order valence-corrected chi connectivity index (χ3v) is 3.62. The molecular weight excluding hydrogens is 240 g/mol. The summed E-state index contributed by atoms with van der Waals surface area (Å²) in [6.07, 6.45) is 1.06. The van der Waals surface area contributed by atoms with Crippen LogP contribution in [-0.4, -0.2) is 53.1 Å². The van der Waals surface area contributed by atoms with Crippen LogP contribution in [0.25, 0.3) is 0 Å². The first-order chi connectivity index (χ1) is 8.13. The van der Waals surface area contributed by atoms with Crippen LogP contribution in [-0.2, 0) is 4.79 Å². The average molecular weight is 260 g/mol. The van der Waals surface area contributed by atoms with Gasteiger partial charge < -0.3 is 15.3 Å². The largest absolute Gasteiger partial charge is 0.396 e. The summed E-state index contributed by atoms with van der Waals surface area (Å²) < 4.78 is 0. The molecule has 1 aliphatic rings. The zero-order chi connectivity index (χ0) is 12.7. The molecule has 6 heteroatoms. The Morgan fingerprint density at radius 3 is 3.00 bits per heavy atom. The van der Waals surface area contributed by atoms with E-state index in [-0.39, 0.29) is 23.7 Å². The number of nitrogens with zero attached hydrogens (tertiary/aromatic N) is 1. The molecule has 0 bridgehead atoms. The van der Waals surface area contributed by atoms with Crippen molar-refractivity contribution in [1.82, 2.24) is 10.2 Å². The number of hydrogen-bond acceptors (Lipinski definition) is 4. The molecule has 0 saturated carbocycles. The monoisotopic (exact) mass is 260 g/mol. The second-order valence-electron chi connectivity index (χ2n) is 4.27. The number of carbonyl (C=O) groups excluding carboxylic acids is 2. The van der Waals surface area contributed by atoms with E-state index in [4.69, 9.17) is 5.11 Å². The highest BCUT2D eigenvalue weighted by molar-refractivity contribution is 8.13. The van der Waals surface area contributed by atoms with Gasteiger partial charge in [-0.2, -0.15) is 0 Å². The van der Waals surface area contributed by atoms with Crippen molar-refractivity contribution >= 4 is 22.9 Å². The highest BCUT2D eigenvalue weighted by atomic mass is 32.2. The lowest BCUT2D eigenvalue weighted by molar-refractivity contribution is -0.121. The molecule has 0 aromatic heterocycles. The molecule has 1 fully saturated rings. The van der Waals surface area contributed by atoms with Gasteiger partial charge >= 0.3 is 0 Å². The first-order valence-corrected chi connectivity index (χ1v) is 6.91. The molecule has 1 atom stereocenters. The Balaban J connectivity index is 2.10. The number of aliphatic hydroxyl groups is 1. The van der Waals surface area contributed by atoms with Crippen LogP contribution in [0.3, 0.4) is 0 Å². The zero-order valence-corrected chi connectivity index (χ0v) is 11.0. The number of carbonyl (C=O) groups is 2. The average Bonchev–Trinajstić information content (AvgIpc) is 2.70. The third kappa shape index (κ3) is 5.41. The third-order valence-electron chi connectivity index (χ3n) is 2.72. The summed E-state index contributed by atoms with van der Waals surface area (Å²) >= 11 is 1.31. The maximum absolute atomic E-state index is 11.5. The molecule has 2 amide bonds. The van der Waals surface area contributed by atoms with Crippen molar-refractivity contribution in [2.45, 2.75) is 19.8 Å². The minimum absolute atomic E-state index is 0.0283. The topological polar surface area (TPSA) is 69.6 Å². The molecule has 1 unspecified atom stereocenters. The Bertz CT molecular complexity index is 273. The summed E-state index contributed by atoms with van der Waals surface area (Å²) in [5.41, 5.74) is 0. The van der Waals surface area contributed by atoms with Gasteiger partial charge in [-0.05, 0) is 12.3 Å². The molecule has 0 aromatic rings. The van der Waals surface area contributed by atoms with E-state index in [2.05, 4.69) is 5.32 Å². The van der Waals surface area contributed by atoms with Gasteiger partial charge in [0, 0.05) is 38.4 Å². The predicted octanol–water partition coefficient (Wildman–Crippen LogP) is 0.680. The van der Waals surface area contributed by atoms with Crippen molar-refractivity contribution in [3.8, 4) is 0 Å². The molecule has 1 rings (SSSR count). The van der Waals surface area contributed by atoms with E-state index in [9.17, 15) is 9.59 Å². The fraction of sp³-hybridized carbons (Fsp3) is 0.818. The molecule has 17 heavy (non-hydrogen) atoms. The van der Waals surface area contributed by atoms with E-state index in [1.54, 1.807) is 4.90 Å². The Morgan fingerprint density at radius 2 is 2.41 bits per heavy atom. The first-order valence-electron chi connectivity index (χ1n) is 5.92. The van der Waals surface area contributed by atoms with Crippen molar-refractivity contribution in [3.63, 3.8) is 0 Å². The van der Waals surface area contributed by atoms with Gasteiger partial charge in [0.15, 0.2) is 0 Å². The molecule has 0 radical (unpaired) electrons. The number of amides is 2. The van der Waals surface area contributed by atoms with Crippen molar-refractivity contribution in [3.05, 3.63) is 0 Å². The van der Waals surface area contributed by atoms with Gasteiger partial charge in [-0.3, -0.25) is 9.59 Å². The maximum atomic E-state index is 11.5. The van der Waals surface area contributed by atoms with Gasteiger partial charge in [-0.15, -0.1) is 0 Å². The molecule has 0 spiro atoms. The highest BCUT2D eigenvalue weighted by Crippen LogP contribution is 2.16. The summed E-state index contributed by atoms with van der Waals surface area (Å²) in [6, 6.07) is 0. The number of hydrogen-bond donors (Lipinski definition) is 2. The Hall–Kier alpha value is -0.750. The van der Waals surface area contributed by atoms with Gasteiger partial charge in [-0.25, -0.2) is 0 Å². The van der Waals surface area contributed by atoms with Gasteiger partial charge in [0.25, 0.3) is 5.24 Å². The first kappa shape index (κ1) is 14.3. The predicted molar refractivity (Wildman–Crippen MR) is 67.9 cm³/mol. The van der Waals surface area contributed by atoms with E-state index in [0.29, 0.717) is 25.9 Å². The normalized spacial score (nSPS) is 17.3. The summed E-state index contributed by atoms with van der Waals surface area (Å²) in [4.78, 5) is 24.5. The lowest BCUT2D eigenvalue weighted by Crippen LogP contribution is -2.33. The number of rotatable bonds is 7. The Labute approximate surface area is 106 Å². The zero-order valence-electron chi connectivity index (χ0n) is 10.1. The van der Waals surface area contributed by atoms with Gasteiger partial charge in [-0.1, -0.05) is 18.7 Å². The van der Waals surface area contributed by atoms with Gasteiger partial charge in [0.05, 0.1) is 0 Å². The standard InChI is InChI=1S/C11H20N2O3S/c1-9(3-6-14)8-12-10(15)2-4-13-5-7-17-11(13)16/h9,14H,2-8H2,1H3,(H,12,15). The maximum Gasteiger partial charge on any atom is 0.281 e. The quantitative estimate of drug-likeness (QED) is 0.706. The van der Waals surface area contributed by atoms with E-state index in [1.807, 2.05) is 6.92 Å². The lowest BCUT2D eigenvalue weighted by atomic mass is 10.1. The molecule has 0 aliphatic carbocycles. The molecule has 0 aromatic carbocycles. The summed E-state index contributed by atoms with van der Waals surface area (Å²) in [5.74, 6) is 1.08. The van der Waals surface area contributed by atoms with Crippen molar-refractivity contribution in [2.24, 2.45) is 5.92 Å². The van der Waals surface area contributed by atoms with E-state index in [0.717, 1.165) is 12.3 Å². The van der Waals surface area contributed by atoms with E-state index in [1.165, 1.54) is 11.8 Å². The second kappa shape index (κ2) is 7.55. The molecule has 2 N–H and O–H groups in total. The van der Waals surface area contributed by atoms with Crippen LogP contribution in [0.2, 0.25) is 0 Å². The second-order valence-corrected chi connectivity index (χ2v) is 5.32. The van der Waals surface area contributed by atoms with Crippen LogP contribution in [0.5, 0.6) is 0 Å². The fourth-order valence-electron chi connectivity index (χ4n) is 1.56. The smallest absolute Gasteiger partial charge is 0.281 e. The highest BCUT2D eigenvalue weighted by Gasteiger charge is 2.21. The fourth-order valence-corrected chi connectivity index (χ4v) is 2.42. The van der Waals surface area contributed by atoms with E-state index < -0.39 is 0 Å². The van der Waals surface area contributed by atoms with Gasteiger partial charge in [0.1, 0.15) is 0 Å². The lowest BCUT2D eigenvalue weighted by Gasteiger charge is -2.15. The molecular formula is C11H20N2O3S. The molecule has 5 nitrogen and oxygen atoms in total. The SMILES string of the molecule is CC(CCO)CNC(=O)CCN1CCSC1=O. The van der Waals surface area contributed by atoms with Crippen LogP contribution in [0.1, 0.15) is 19.8 Å². The van der Waals surface area contributed by atoms with Crippen molar-refractivity contribution in [1.29, 1.82) is 0 Å². The number of nitrogens with one attached hydrogen (secondary N) is 1. The molecule has 98 valence electrons. The summed E-state index contributed by atoms with van der Waals surface area (Å²) in [6.45, 7) is 3.97. The van der Waals surface area contributed by atoms with E-state index >= 15 is 0 Å². The minimum atomic E-state index is -0.0283. The Morgan fingerprint density at radius 1 is 1.65 bits per heavy atom. The molecule has 1 heterocycles. The van der Waals surface area contributed by atoms with Gasteiger partial charge in [0.2, 0.25) is 5.91 Å². The van der Waals surface area contributed by atoms with Crippen molar-refractivity contribution in [2.75, 3.05) is 32.0 Å².